The SMILES string of the molecule is O=C(c1cccc(S(=O)(=O)NC[C@H]2CCCO2)c1)N1CCN([C@@H]2CCS(=O)(=O)C2)CC1. The van der Waals surface area contributed by atoms with E-state index >= 15 is 0 Å². The molecule has 0 saturated carbocycles. The van der Waals surface area contributed by atoms with Gasteiger partial charge in [0.1, 0.15) is 0 Å². The first kappa shape index (κ1) is 22.7. The number of rotatable bonds is 6. The fourth-order valence-corrected chi connectivity index (χ4v) is 7.30. The molecule has 0 aromatic heterocycles. The Balaban J connectivity index is 1.36. The van der Waals surface area contributed by atoms with Crippen LogP contribution in [0.25, 0.3) is 0 Å². The van der Waals surface area contributed by atoms with Crippen molar-refractivity contribution in [3.05, 3.63) is 29.8 Å². The smallest absolute Gasteiger partial charge is 0.253 e. The number of carbonyl (C=O) groups is 1. The Bertz CT molecular complexity index is 1010. The molecule has 31 heavy (non-hydrogen) atoms. The molecule has 3 heterocycles. The minimum Gasteiger partial charge on any atom is -0.377 e. The summed E-state index contributed by atoms with van der Waals surface area (Å²) in [4.78, 5) is 16.9. The van der Waals surface area contributed by atoms with Crippen LogP contribution in [0.5, 0.6) is 0 Å². The molecule has 172 valence electrons. The maximum Gasteiger partial charge on any atom is 0.253 e. The van der Waals surface area contributed by atoms with Crippen LogP contribution >= 0.6 is 0 Å². The normalized spacial score (nSPS) is 26.9. The number of benzene rings is 1. The van der Waals surface area contributed by atoms with Gasteiger partial charge in [0.25, 0.3) is 5.91 Å². The van der Waals surface area contributed by atoms with Crippen LogP contribution in [0, 0.1) is 0 Å². The second-order valence-electron chi connectivity index (χ2n) is 8.40. The fraction of sp³-hybridized carbons (Fsp3) is 0.650. The first-order valence-electron chi connectivity index (χ1n) is 10.7. The molecule has 1 N–H and O–H groups in total. The number of nitrogens with zero attached hydrogens (tertiary/aromatic N) is 2. The summed E-state index contributed by atoms with van der Waals surface area (Å²) in [5.41, 5.74) is 0.330. The first-order valence-corrected chi connectivity index (χ1v) is 14.0. The van der Waals surface area contributed by atoms with E-state index in [1.807, 2.05) is 0 Å². The molecule has 1 aromatic carbocycles. The predicted molar refractivity (Wildman–Crippen MR) is 115 cm³/mol. The third-order valence-corrected chi connectivity index (χ3v) is 9.41. The minimum atomic E-state index is -3.73. The van der Waals surface area contributed by atoms with E-state index in [4.69, 9.17) is 4.74 Å². The maximum absolute atomic E-state index is 13.0. The van der Waals surface area contributed by atoms with Crippen molar-refractivity contribution >= 4 is 25.8 Å². The Morgan fingerprint density at radius 2 is 1.94 bits per heavy atom. The molecule has 3 aliphatic heterocycles. The molecular formula is C20H29N3O6S2. The molecule has 4 rings (SSSR count). The van der Waals surface area contributed by atoms with Crippen LogP contribution < -0.4 is 4.72 Å². The quantitative estimate of drug-likeness (QED) is 0.626. The molecule has 0 radical (unpaired) electrons. The van der Waals surface area contributed by atoms with Crippen LogP contribution in [0.15, 0.2) is 29.2 Å². The lowest BCUT2D eigenvalue weighted by molar-refractivity contribution is 0.0587. The largest absolute Gasteiger partial charge is 0.377 e. The van der Waals surface area contributed by atoms with Gasteiger partial charge < -0.3 is 9.64 Å². The van der Waals surface area contributed by atoms with Gasteiger partial charge in [-0.2, -0.15) is 0 Å². The van der Waals surface area contributed by atoms with Gasteiger partial charge >= 0.3 is 0 Å². The zero-order chi connectivity index (χ0) is 22.1. The highest BCUT2D eigenvalue weighted by molar-refractivity contribution is 7.91. The molecule has 1 amide bonds. The first-order chi connectivity index (χ1) is 14.7. The van der Waals surface area contributed by atoms with E-state index in [2.05, 4.69) is 9.62 Å². The topological polar surface area (TPSA) is 113 Å². The molecule has 0 unspecified atom stereocenters. The van der Waals surface area contributed by atoms with Gasteiger partial charge in [-0.1, -0.05) is 6.07 Å². The van der Waals surface area contributed by atoms with E-state index < -0.39 is 19.9 Å². The van der Waals surface area contributed by atoms with Crippen molar-refractivity contribution in [1.82, 2.24) is 14.5 Å². The fourth-order valence-electron chi connectivity index (χ4n) is 4.42. The monoisotopic (exact) mass is 471 g/mol. The summed E-state index contributed by atoms with van der Waals surface area (Å²) >= 11 is 0. The summed E-state index contributed by atoms with van der Waals surface area (Å²) in [6.07, 6.45) is 2.31. The van der Waals surface area contributed by atoms with Crippen LogP contribution in [0.3, 0.4) is 0 Å². The highest BCUT2D eigenvalue weighted by atomic mass is 32.2. The Morgan fingerprint density at radius 3 is 2.58 bits per heavy atom. The van der Waals surface area contributed by atoms with Crippen LogP contribution in [0.2, 0.25) is 0 Å². The minimum absolute atomic E-state index is 0.0330. The third-order valence-electron chi connectivity index (χ3n) is 6.24. The van der Waals surface area contributed by atoms with E-state index in [1.165, 1.54) is 12.1 Å². The van der Waals surface area contributed by atoms with Gasteiger partial charge in [-0.3, -0.25) is 9.69 Å². The van der Waals surface area contributed by atoms with Crippen LogP contribution in [-0.2, 0) is 24.6 Å². The van der Waals surface area contributed by atoms with E-state index in [9.17, 15) is 21.6 Å². The number of nitrogens with one attached hydrogen (secondary N) is 1. The molecule has 1 aromatic rings. The van der Waals surface area contributed by atoms with Gasteiger partial charge in [0.2, 0.25) is 10.0 Å². The van der Waals surface area contributed by atoms with Gasteiger partial charge in [-0.05, 0) is 37.5 Å². The highest BCUT2D eigenvalue weighted by Gasteiger charge is 2.34. The number of sulfone groups is 1. The van der Waals surface area contributed by atoms with E-state index in [0.717, 1.165) is 12.8 Å². The average Bonchev–Trinajstić information content (AvgIpc) is 3.41. The molecule has 0 spiro atoms. The van der Waals surface area contributed by atoms with Crippen LogP contribution in [0.1, 0.15) is 29.6 Å². The van der Waals surface area contributed by atoms with Gasteiger partial charge in [0.05, 0.1) is 22.5 Å². The summed E-state index contributed by atoms with van der Waals surface area (Å²) in [5.74, 6) is 0.216. The number of sulfonamides is 1. The molecule has 2 atom stereocenters. The highest BCUT2D eigenvalue weighted by Crippen LogP contribution is 2.21. The summed E-state index contributed by atoms with van der Waals surface area (Å²) in [5, 5.41) is 0. The summed E-state index contributed by atoms with van der Waals surface area (Å²) in [6, 6.07) is 6.12. The zero-order valence-corrected chi connectivity index (χ0v) is 19.0. The van der Waals surface area contributed by atoms with Crippen molar-refractivity contribution in [2.75, 3.05) is 50.8 Å². The van der Waals surface area contributed by atoms with E-state index in [0.29, 0.717) is 44.8 Å². The molecule has 0 aliphatic carbocycles. The predicted octanol–water partition coefficient (Wildman–Crippen LogP) is 0.0888. The van der Waals surface area contributed by atoms with Gasteiger partial charge in [0, 0.05) is 50.9 Å². The zero-order valence-electron chi connectivity index (χ0n) is 17.4. The lowest BCUT2D eigenvalue weighted by atomic mass is 10.1. The number of hydrogen-bond acceptors (Lipinski definition) is 7. The lowest BCUT2D eigenvalue weighted by Gasteiger charge is -2.37. The van der Waals surface area contributed by atoms with Gasteiger partial charge in [0.15, 0.2) is 9.84 Å². The molecule has 3 fully saturated rings. The van der Waals surface area contributed by atoms with Crippen molar-refractivity contribution in [2.24, 2.45) is 0 Å². The summed E-state index contributed by atoms with van der Waals surface area (Å²) < 4.78 is 56.7. The van der Waals surface area contributed by atoms with Crippen molar-refractivity contribution in [3.63, 3.8) is 0 Å². The second kappa shape index (κ2) is 9.14. The van der Waals surface area contributed by atoms with Crippen LogP contribution in [-0.4, -0.2) is 95.5 Å². The van der Waals surface area contributed by atoms with Crippen molar-refractivity contribution in [1.29, 1.82) is 0 Å². The van der Waals surface area contributed by atoms with Crippen molar-refractivity contribution in [2.45, 2.75) is 36.3 Å². The maximum atomic E-state index is 13.0. The number of piperazine rings is 1. The molecule has 3 aliphatic rings. The Hall–Kier alpha value is -1.53. The Kier molecular flexibility index (Phi) is 6.68. The van der Waals surface area contributed by atoms with Gasteiger partial charge in [-0.25, -0.2) is 21.6 Å². The number of amides is 1. The van der Waals surface area contributed by atoms with Crippen molar-refractivity contribution < 1.29 is 26.4 Å². The average molecular weight is 472 g/mol. The Morgan fingerprint density at radius 1 is 1.16 bits per heavy atom. The van der Waals surface area contributed by atoms with E-state index in [-0.39, 0.29) is 41.0 Å². The molecule has 0 bridgehead atoms. The van der Waals surface area contributed by atoms with Gasteiger partial charge in [-0.15, -0.1) is 0 Å². The lowest BCUT2D eigenvalue weighted by Crippen LogP contribution is -2.52. The van der Waals surface area contributed by atoms with Crippen LogP contribution in [0.4, 0.5) is 0 Å². The number of carbonyl (C=O) groups excluding carboxylic acids is 1. The number of hydrogen-bond donors (Lipinski definition) is 1. The standard InChI is InChI=1S/C20H29N3O6S2/c24-20(23-9-7-22(8-10-23)17-6-12-30(25,26)15-17)16-3-1-5-19(13-16)31(27,28)21-14-18-4-2-11-29-18/h1,3,5,13,17-18,21H,2,4,6-12,14-15H2/t17-,18-/m1/s1. The molecular weight excluding hydrogens is 442 g/mol. The number of ether oxygens (including phenoxy) is 1. The Labute approximate surface area is 183 Å². The third kappa shape index (κ3) is 5.46. The van der Waals surface area contributed by atoms with E-state index in [1.54, 1.807) is 17.0 Å². The van der Waals surface area contributed by atoms with Crippen molar-refractivity contribution in [3.8, 4) is 0 Å². The summed E-state index contributed by atoms with van der Waals surface area (Å²) in [6.45, 7) is 3.09. The molecule has 11 heteroatoms. The summed E-state index contributed by atoms with van der Waals surface area (Å²) in [7, 11) is -6.67. The molecule has 9 nitrogen and oxygen atoms in total. The molecule has 3 saturated heterocycles. The second-order valence-corrected chi connectivity index (χ2v) is 12.4.